The molecule has 0 aliphatic heterocycles. The standard InChI is InChI=1S/C11H10N2O2/c1-7(14)9-3-2-8(10(12)6-9)4-5-11(13)15/h2-3,6H,12H2,1H3,(H2,13,15). The average Bonchev–Trinajstić information content (AvgIpc) is 2.15. The van der Waals surface area contributed by atoms with Gasteiger partial charge in [0.1, 0.15) is 0 Å². The molecule has 0 atom stereocenters. The number of amides is 1. The summed E-state index contributed by atoms with van der Waals surface area (Å²) in [5.74, 6) is 3.90. The first-order valence-electron chi connectivity index (χ1n) is 4.22. The van der Waals surface area contributed by atoms with E-state index >= 15 is 0 Å². The van der Waals surface area contributed by atoms with E-state index in [1.807, 2.05) is 0 Å². The van der Waals surface area contributed by atoms with Gasteiger partial charge in [-0.3, -0.25) is 9.59 Å². The number of Topliss-reactive ketones (excluding diaryl/α,β-unsaturated/α-hetero) is 1. The number of rotatable bonds is 1. The molecule has 15 heavy (non-hydrogen) atoms. The van der Waals surface area contributed by atoms with E-state index in [0.29, 0.717) is 16.8 Å². The van der Waals surface area contributed by atoms with Crippen molar-refractivity contribution >= 4 is 17.4 Å². The molecule has 0 saturated carbocycles. The van der Waals surface area contributed by atoms with Crippen LogP contribution in [-0.2, 0) is 4.79 Å². The van der Waals surface area contributed by atoms with Gasteiger partial charge in [-0.25, -0.2) is 0 Å². The highest BCUT2D eigenvalue weighted by atomic mass is 16.1. The quantitative estimate of drug-likeness (QED) is 0.390. The number of primary amides is 1. The molecule has 1 aromatic rings. The fourth-order valence-corrected chi connectivity index (χ4v) is 1.02. The normalized spacial score (nSPS) is 8.87. The third-order valence-corrected chi connectivity index (χ3v) is 1.78. The Hall–Kier alpha value is -2.28. The fourth-order valence-electron chi connectivity index (χ4n) is 1.02. The second-order valence-corrected chi connectivity index (χ2v) is 2.97. The zero-order valence-electron chi connectivity index (χ0n) is 8.20. The van der Waals surface area contributed by atoms with Crippen LogP contribution in [-0.4, -0.2) is 11.7 Å². The third kappa shape index (κ3) is 2.85. The number of hydrogen-bond donors (Lipinski definition) is 2. The van der Waals surface area contributed by atoms with Crippen molar-refractivity contribution in [3.63, 3.8) is 0 Å². The molecule has 0 aliphatic carbocycles. The van der Waals surface area contributed by atoms with Crippen molar-refractivity contribution in [2.45, 2.75) is 6.92 Å². The van der Waals surface area contributed by atoms with Crippen LogP contribution in [0, 0.1) is 11.8 Å². The molecular weight excluding hydrogens is 192 g/mol. The van der Waals surface area contributed by atoms with Gasteiger partial charge in [0.05, 0.1) is 0 Å². The van der Waals surface area contributed by atoms with Crippen LogP contribution in [0.2, 0.25) is 0 Å². The van der Waals surface area contributed by atoms with Gasteiger partial charge in [-0.2, -0.15) is 0 Å². The van der Waals surface area contributed by atoms with Crippen molar-refractivity contribution in [2.75, 3.05) is 5.73 Å². The van der Waals surface area contributed by atoms with Gasteiger partial charge >= 0.3 is 0 Å². The van der Waals surface area contributed by atoms with E-state index in [4.69, 9.17) is 11.5 Å². The van der Waals surface area contributed by atoms with Crippen molar-refractivity contribution < 1.29 is 9.59 Å². The maximum atomic E-state index is 11.0. The summed E-state index contributed by atoms with van der Waals surface area (Å²) in [4.78, 5) is 21.4. The molecule has 4 nitrogen and oxygen atoms in total. The first kappa shape index (κ1) is 10.8. The Labute approximate surface area is 87.3 Å². The summed E-state index contributed by atoms with van der Waals surface area (Å²) in [6.45, 7) is 1.45. The molecule has 0 radical (unpaired) electrons. The lowest BCUT2D eigenvalue weighted by Crippen LogP contribution is -2.06. The molecule has 0 fully saturated rings. The third-order valence-electron chi connectivity index (χ3n) is 1.78. The summed E-state index contributed by atoms with van der Waals surface area (Å²) in [7, 11) is 0. The summed E-state index contributed by atoms with van der Waals surface area (Å²) in [6.07, 6.45) is 0. The summed E-state index contributed by atoms with van der Waals surface area (Å²) < 4.78 is 0. The summed E-state index contributed by atoms with van der Waals surface area (Å²) in [5, 5.41) is 0. The highest BCUT2D eigenvalue weighted by molar-refractivity contribution is 5.96. The number of benzene rings is 1. The first-order valence-corrected chi connectivity index (χ1v) is 4.22. The van der Waals surface area contributed by atoms with E-state index in [9.17, 15) is 9.59 Å². The van der Waals surface area contributed by atoms with Crippen LogP contribution in [0.15, 0.2) is 18.2 Å². The number of ketones is 1. The summed E-state index contributed by atoms with van der Waals surface area (Å²) in [6, 6.07) is 4.71. The Morgan fingerprint density at radius 1 is 1.33 bits per heavy atom. The molecule has 1 aromatic carbocycles. The molecule has 4 heteroatoms. The van der Waals surface area contributed by atoms with E-state index in [2.05, 4.69) is 11.8 Å². The van der Waals surface area contributed by atoms with E-state index in [-0.39, 0.29) is 5.78 Å². The molecule has 4 N–H and O–H groups in total. The van der Waals surface area contributed by atoms with Gasteiger partial charge in [0.25, 0.3) is 5.91 Å². The number of hydrogen-bond acceptors (Lipinski definition) is 3. The number of carbonyl (C=O) groups is 2. The minimum Gasteiger partial charge on any atom is -0.398 e. The lowest BCUT2D eigenvalue weighted by molar-refractivity contribution is -0.112. The lowest BCUT2D eigenvalue weighted by atomic mass is 10.1. The van der Waals surface area contributed by atoms with Crippen molar-refractivity contribution in [3.8, 4) is 11.8 Å². The van der Waals surface area contributed by atoms with Gasteiger partial charge in [0.2, 0.25) is 0 Å². The maximum absolute atomic E-state index is 11.0. The van der Waals surface area contributed by atoms with Gasteiger partial charge in [-0.1, -0.05) is 12.0 Å². The first-order chi connectivity index (χ1) is 7.00. The molecule has 0 heterocycles. The predicted octanol–water partition coefficient (Wildman–Crippen LogP) is 0.308. The molecule has 0 unspecified atom stereocenters. The van der Waals surface area contributed by atoms with Crippen molar-refractivity contribution in [1.82, 2.24) is 0 Å². The minimum absolute atomic E-state index is 0.0730. The fraction of sp³-hybridized carbons (Fsp3) is 0.0909. The number of nitrogens with two attached hydrogens (primary N) is 2. The molecule has 1 rings (SSSR count). The van der Waals surface area contributed by atoms with E-state index in [1.165, 1.54) is 13.0 Å². The Kier molecular flexibility index (Phi) is 3.09. The molecule has 0 bridgehead atoms. The van der Waals surface area contributed by atoms with Gasteiger partial charge in [-0.15, -0.1) is 0 Å². The lowest BCUT2D eigenvalue weighted by Gasteiger charge is -2.00. The largest absolute Gasteiger partial charge is 0.398 e. The predicted molar refractivity (Wildman–Crippen MR) is 56.9 cm³/mol. The van der Waals surface area contributed by atoms with Gasteiger partial charge in [0, 0.05) is 22.7 Å². The Morgan fingerprint density at radius 3 is 2.47 bits per heavy atom. The SMILES string of the molecule is CC(=O)c1ccc(C#CC(N)=O)c(N)c1. The molecule has 0 aromatic heterocycles. The van der Waals surface area contributed by atoms with Crippen LogP contribution in [0.5, 0.6) is 0 Å². The van der Waals surface area contributed by atoms with Crippen LogP contribution in [0.1, 0.15) is 22.8 Å². The molecular formula is C11H10N2O2. The zero-order valence-corrected chi connectivity index (χ0v) is 8.20. The summed E-state index contributed by atoms with van der Waals surface area (Å²) in [5.41, 5.74) is 11.9. The maximum Gasteiger partial charge on any atom is 0.293 e. The molecule has 0 saturated heterocycles. The van der Waals surface area contributed by atoms with Crippen LogP contribution in [0.25, 0.3) is 0 Å². The Balaban J connectivity index is 3.10. The number of anilines is 1. The smallest absolute Gasteiger partial charge is 0.293 e. The van der Waals surface area contributed by atoms with Gasteiger partial charge in [-0.05, 0) is 19.1 Å². The highest BCUT2D eigenvalue weighted by Crippen LogP contribution is 2.13. The van der Waals surface area contributed by atoms with E-state index < -0.39 is 5.91 Å². The Bertz CT molecular complexity index is 481. The highest BCUT2D eigenvalue weighted by Gasteiger charge is 2.02. The average molecular weight is 202 g/mol. The van der Waals surface area contributed by atoms with Crippen molar-refractivity contribution in [3.05, 3.63) is 29.3 Å². The van der Waals surface area contributed by atoms with Crippen molar-refractivity contribution in [2.24, 2.45) is 5.73 Å². The van der Waals surface area contributed by atoms with Crippen LogP contribution in [0.3, 0.4) is 0 Å². The van der Waals surface area contributed by atoms with Crippen LogP contribution in [0.4, 0.5) is 5.69 Å². The second-order valence-electron chi connectivity index (χ2n) is 2.97. The topological polar surface area (TPSA) is 86.2 Å². The van der Waals surface area contributed by atoms with E-state index in [1.54, 1.807) is 12.1 Å². The van der Waals surface area contributed by atoms with Crippen LogP contribution < -0.4 is 11.5 Å². The monoisotopic (exact) mass is 202 g/mol. The van der Waals surface area contributed by atoms with Gasteiger partial charge in [0.15, 0.2) is 5.78 Å². The summed E-state index contributed by atoms with van der Waals surface area (Å²) >= 11 is 0. The molecule has 1 amide bonds. The van der Waals surface area contributed by atoms with Crippen LogP contribution >= 0.6 is 0 Å². The zero-order chi connectivity index (χ0) is 11.4. The van der Waals surface area contributed by atoms with Crippen molar-refractivity contribution in [1.29, 1.82) is 0 Å². The molecule has 76 valence electrons. The van der Waals surface area contributed by atoms with E-state index in [0.717, 1.165) is 0 Å². The number of nitrogen functional groups attached to an aromatic ring is 1. The van der Waals surface area contributed by atoms with Gasteiger partial charge < -0.3 is 11.5 Å². The Morgan fingerprint density at radius 2 is 2.00 bits per heavy atom. The minimum atomic E-state index is -0.718. The molecule has 0 aliphatic rings. The second kappa shape index (κ2) is 4.29. The number of carbonyl (C=O) groups excluding carboxylic acids is 2. The molecule has 0 spiro atoms.